The Labute approximate surface area is 147 Å². The predicted molar refractivity (Wildman–Crippen MR) is 100 cm³/mol. The van der Waals surface area contributed by atoms with Crippen molar-refractivity contribution in [3.8, 4) is 0 Å². The monoisotopic (exact) mass is 332 g/mol. The van der Waals surface area contributed by atoms with Crippen LogP contribution in [0.5, 0.6) is 0 Å². The highest BCUT2D eigenvalue weighted by Gasteiger charge is 2.11. The number of nitrogens with zero attached hydrogens (tertiary/aromatic N) is 2. The van der Waals surface area contributed by atoms with Gasteiger partial charge in [-0.15, -0.1) is 0 Å². The van der Waals surface area contributed by atoms with Gasteiger partial charge in [0.2, 0.25) is 5.95 Å². The molecule has 0 aliphatic rings. The molecular formula is C20H20N4O. The van der Waals surface area contributed by atoms with Crippen LogP contribution in [0, 0.1) is 20.8 Å². The highest BCUT2D eigenvalue weighted by atomic mass is 16.1. The van der Waals surface area contributed by atoms with Crippen molar-refractivity contribution in [2.45, 2.75) is 20.8 Å². The van der Waals surface area contributed by atoms with Crippen molar-refractivity contribution < 1.29 is 4.79 Å². The highest BCUT2D eigenvalue weighted by Crippen LogP contribution is 2.18. The molecular weight excluding hydrogens is 312 g/mol. The average molecular weight is 332 g/mol. The lowest BCUT2D eigenvalue weighted by Gasteiger charge is -2.10. The fourth-order valence-corrected chi connectivity index (χ4v) is 2.63. The van der Waals surface area contributed by atoms with E-state index < -0.39 is 0 Å². The van der Waals surface area contributed by atoms with Crippen LogP contribution < -0.4 is 10.6 Å². The molecule has 3 aromatic rings. The van der Waals surface area contributed by atoms with Gasteiger partial charge in [0.15, 0.2) is 0 Å². The first kappa shape index (κ1) is 16.6. The van der Waals surface area contributed by atoms with Crippen LogP contribution in [0.4, 0.5) is 17.3 Å². The molecule has 126 valence electrons. The number of carbonyl (C=O) groups excluding carboxylic acids is 1. The van der Waals surface area contributed by atoms with Gasteiger partial charge in [0.1, 0.15) is 5.69 Å². The molecule has 0 aliphatic heterocycles. The highest BCUT2D eigenvalue weighted by molar-refractivity contribution is 6.03. The lowest BCUT2D eigenvalue weighted by atomic mass is 10.1. The number of aromatic nitrogens is 2. The number of carbonyl (C=O) groups is 1. The second kappa shape index (κ2) is 7.13. The molecule has 0 spiro atoms. The molecule has 0 aliphatic carbocycles. The van der Waals surface area contributed by atoms with Crippen LogP contribution in [0.3, 0.4) is 0 Å². The largest absolute Gasteiger partial charge is 0.324 e. The summed E-state index contributed by atoms with van der Waals surface area (Å²) in [6.45, 7) is 5.91. The summed E-state index contributed by atoms with van der Waals surface area (Å²) >= 11 is 0. The summed E-state index contributed by atoms with van der Waals surface area (Å²) in [4.78, 5) is 21.2. The van der Waals surface area contributed by atoms with Crippen LogP contribution in [0.25, 0.3) is 0 Å². The third-order valence-corrected chi connectivity index (χ3v) is 3.60. The zero-order valence-corrected chi connectivity index (χ0v) is 14.5. The van der Waals surface area contributed by atoms with Gasteiger partial charge < -0.3 is 10.6 Å². The number of anilines is 3. The van der Waals surface area contributed by atoms with Crippen LogP contribution >= 0.6 is 0 Å². The van der Waals surface area contributed by atoms with Crippen molar-refractivity contribution in [1.82, 2.24) is 9.97 Å². The molecule has 1 heterocycles. The SMILES string of the molecule is Cc1cc(C)cc(Nc2nc(C)cc(C(=O)Nc3ccccc3)n2)c1. The minimum absolute atomic E-state index is 0.264. The van der Waals surface area contributed by atoms with E-state index in [0.29, 0.717) is 11.6 Å². The number of para-hydroxylation sites is 1. The number of rotatable bonds is 4. The van der Waals surface area contributed by atoms with Gasteiger partial charge in [0, 0.05) is 17.1 Å². The first-order valence-corrected chi connectivity index (χ1v) is 8.07. The molecule has 0 saturated carbocycles. The molecule has 0 radical (unpaired) electrons. The maximum Gasteiger partial charge on any atom is 0.274 e. The molecule has 0 unspecified atom stereocenters. The number of amides is 1. The summed E-state index contributed by atoms with van der Waals surface area (Å²) in [6, 6.07) is 17.1. The second-order valence-corrected chi connectivity index (χ2v) is 6.04. The van der Waals surface area contributed by atoms with Crippen LogP contribution in [0.15, 0.2) is 54.6 Å². The summed E-state index contributed by atoms with van der Waals surface area (Å²) in [5.74, 6) is 0.142. The Morgan fingerprint density at radius 3 is 2.20 bits per heavy atom. The van der Waals surface area contributed by atoms with Gasteiger partial charge in [-0.05, 0) is 62.2 Å². The van der Waals surface area contributed by atoms with Crippen molar-refractivity contribution >= 4 is 23.2 Å². The first-order valence-electron chi connectivity index (χ1n) is 8.07. The molecule has 0 fully saturated rings. The van der Waals surface area contributed by atoms with Crippen molar-refractivity contribution in [2.24, 2.45) is 0 Å². The van der Waals surface area contributed by atoms with Crippen molar-refractivity contribution in [2.75, 3.05) is 10.6 Å². The van der Waals surface area contributed by atoms with Crippen LogP contribution in [-0.2, 0) is 0 Å². The second-order valence-electron chi connectivity index (χ2n) is 6.04. The van der Waals surface area contributed by atoms with Gasteiger partial charge in [-0.2, -0.15) is 0 Å². The normalized spacial score (nSPS) is 10.4. The Hall–Kier alpha value is -3.21. The van der Waals surface area contributed by atoms with Gasteiger partial charge in [0.25, 0.3) is 5.91 Å². The molecule has 5 nitrogen and oxygen atoms in total. The van der Waals surface area contributed by atoms with Crippen LogP contribution in [0.2, 0.25) is 0 Å². The summed E-state index contributed by atoms with van der Waals surface area (Å²) in [5, 5.41) is 6.02. The molecule has 1 amide bonds. The van der Waals surface area contributed by atoms with Gasteiger partial charge in [-0.3, -0.25) is 4.79 Å². The third-order valence-electron chi connectivity index (χ3n) is 3.60. The Balaban J connectivity index is 1.83. The molecule has 25 heavy (non-hydrogen) atoms. The minimum Gasteiger partial charge on any atom is -0.324 e. The number of benzene rings is 2. The third kappa shape index (κ3) is 4.41. The fraction of sp³-hybridized carbons (Fsp3) is 0.150. The topological polar surface area (TPSA) is 66.9 Å². The minimum atomic E-state index is -0.264. The van der Waals surface area contributed by atoms with Gasteiger partial charge in [-0.25, -0.2) is 9.97 Å². The summed E-state index contributed by atoms with van der Waals surface area (Å²) in [6.07, 6.45) is 0. The lowest BCUT2D eigenvalue weighted by Crippen LogP contribution is -2.15. The van der Waals surface area contributed by atoms with E-state index in [1.165, 1.54) is 0 Å². The summed E-state index contributed by atoms with van der Waals surface area (Å²) in [7, 11) is 0. The molecule has 2 N–H and O–H groups in total. The Bertz CT molecular complexity index is 887. The Morgan fingerprint density at radius 1 is 0.840 bits per heavy atom. The molecule has 2 aromatic carbocycles. The van der Waals surface area contributed by atoms with E-state index in [1.807, 2.05) is 63.2 Å². The van der Waals surface area contributed by atoms with Crippen molar-refractivity contribution in [3.63, 3.8) is 0 Å². The van der Waals surface area contributed by atoms with Gasteiger partial charge >= 0.3 is 0 Å². The molecule has 0 bridgehead atoms. The number of hydrogen-bond acceptors (Lipinski definition) is 4. The maximum absolute atomic E-state index is 12.5. The van der Waals surface area contributed by atoms with E-state index in [9.17, 15) is 4.79 Å². The maximum atomic E-state index is 12.5. The molecule has 5 heteroatoms. The zero-order valence-electron chi connectivity index (χ0n) is 14.5. The Kier molecular flexibility index (Phi) is 4.75. The number of nitrogens with one attached hydrogen (secondary N) is 2. The average Bonchev–Trinajstić information content (AvgIpc) is 2.54. The first-order chi connectivity index (χ1) is 12.0. The van der Waals surface area contributed by atoms with E-state index in [1.54, 1.807) is 6.07 Å². The quantitative estimate of drug-likeness (QED) is 0.743. The predicted octanol–water partition coefficient (Wildman–Crippen LogP) is 4.40. The fourth-order valence-electron chi connectivity index (χ4n) is 2.63. The molecule has 0 atom stereocenters. The van der Waals surface area contributed by atoms with Crippen molar-refractivity contribution in [1.29, 1.82) is 0 Å². The zero-order chi connectivity index (χ0) is 17.8. The van der Waals surface area contributed by atoms with Gasteiger partial charge in [-0.1, -0.05) is 24.3 Å². The summed E-state index contributed by atoms with van der Waals surface area (Å²) < 4.78 is 0. The Morgan fingerprint density at radius 2 is 1.52 bits per heavy atom. The van der Waals surface area contributed by atoms with E-state index in [-0.39, 0.29) is 5.91 Å². The van der Waals surface area contributed by atoms with Crippen LogP contribution in [-0.4, -0.2) is 15.9 Å². The van der Waals surface area contributed by atoms with E-state index in [2.05, 4.69) is 26.7 Å². The van der Waals surface area contributed by atoms with E-state index in [4.69, 9.17) is 0 Å². The number of aryl methyl sites for hydroxylation is 3. The number of hydrogen-bond donors (Lipinski definition) is 2. The lowest BCUT2D eigenvalue weighted by molar-refractivity contribution is 0.102. The molecule has 1 aromatic heterocycles. The van der Waals surface area contributed by atoms with Crippen LogP contribution in [0.1, 0.15) is 27.3 Å². The van der Waals surface area contributed by atoms with Crippen molar-refractivity contribution in [3.05, 3.63) is 77.1 Å². The summed E-state index contributed by atoms with van der Waals surface area (Å²) in [5.41, 5.74) is 4.97. The van der Waals surface area contributed by atoms with E-state index >= 15 is 0 Å². The van der Waals surface area contributed by atoms with E-state index in [0.717, 1.165) is 28.2 Å². The smallest absolute Gasteiger partial charge is 0.274 e. The molecule has 3 rings (SSSR count). The molecule has 0 saturated heterocycles. The van der Waals surface area contributed by atoms with Gasteiger partial charge in [0.05, 0.1) is 0 Å². The standard InChI is InChI=1S/C20H20N4O/c1-13-9-14(2)11-17(10-13)23-20-21-15(3)12-18(24-20)19(25)22-16-7-5-4-6-8-16/h4-12H,1-3H3,(H,22,25)(H,21,23,24).